The molecule has 35 heavy (non-hydrogen) atoms. The van der Waals surface area contributed by atoms with Crippen LogP contribution < -0.4 is 0 Å². The summed E-state index contributed by atoms with van der Waals surface area (Å²) in [4.78, 5) is 0. The lowest BCUT2D eigenvalue weighted by atomic mass is 9.40. The van der Waals surface area contributed by atoms with Crippen molar-refractivity contribution in [3.8, 4) is 0 Å². The third-order valence-corrected chi connectivity index (χ3v) is 12.4. The van der Waals surface area contributed by atoms with E-state index in [4.69, 9.17) is 9.47 Å². The Morgan fingerprint density at radius 3 is 2.17 bits per heavy atom. The van der Waals surface area contributed by atoms with Crippen molar-refractivity contribution in [2.75, 3.05) is 6.61 Å². The fourth-order valence-corrected chi connectivity index (χ4v) is 10.4. The molecule has 0 aromatic rings. The Morgan fingerprint density at radius 1 is 0.829 bits per heavy atom. The van der Waals surface area contributed by atoms with E-state index in [1.807, 2.05) is 0 Å². The zero-order valence-electron chi connectivity index (χ0n) is 21.4. The van der Waals surface area contributed by atoms with E-state index in [2.05, 4.69) is 20.8 Å². The first-order valence-corrected chi connectivity index (χ1v) is 13.8. The summed E-state index contributed by atoms with van der Waals surface area (Å²) in [6, 6.07) is 0. The molecule has 0 aromatic heterocycles. The van der Waals surface area contributed by atoms with Gasteiger partial charge in [0.15, 0.2) is 5.79 Å². The van der Waals surface area contributed by atoms with Crippen LogP contribution in [0.5, 0.6) is 0 Å². The number of ether oxygens (including phenoxy) is 2. The van der Waals surface area contributed by atoms with E-state index in [9.17, 15) is 30.6 Å². The Morgan fingerprint density at radius 2 is 1.51 bits per heavy atom. The van der Waals surface area contributed by atoms with Crippen LogP contribution in [0, 0.1) is 46.3 Å². The maximum atomic E-state index is 11.7. The molecule has 0 radical (unpaired) electrons. The van der Waals surface area contributed by atoms with Crippen molar-refractivity contribution >= 4 is 0 Å². The first-order valence-electron chi connectivity index (χ1n) is 13.8. The number of fused-ring (bicyclic) bond motifs is 7. The van der Waals surface area contributed by atoms with Gasteiger partial charge >= 0.3 is 0 Å². The molecule has 2 heterocycles. The van der Waals surface area contributed by atoms with Crippen LogP contribution in [0.15, 0.2) is 0 Å². The Balaban J connectivity index is 1.33. The molecule has 6 rings (SSSR count). The van der Waals surface area contributed by atoms with Crippen molar-refractivity contribution in [1.82, 2.24) is 0 Å². The van der Waals surface area contributed by atoms with E-state index in [1.54, 1.807) is 6.92 Å². The quantitative estimate of drug-likeness (QED) is 0.289. The molecule has 200 valence electrons. The standard InChI is InChI=1S/C27H44O8/c1-12-5-8-26(34-11-12)13(2)19-17(35-26)10-16-14-9-18(28)27(33)23(32)21(30)20(29)22(31)25(27,4)15(14)6-7-24(16,19)3/h12-23,28-33H,5-11H2,1-4H3. The second kappa shape index (κ2) is 7.63. The molecule has 2 aliphatic heterocycles. The van der Waals surface area contributed by atoms with Crippen LogP contribution in [0.25, 0.3) is 0 Å². The topological polar surface area (TPSA) is 140 Å². The van der Waals surface area contributed by atoms with E-state index in [-0.39, 0.29) is 41.6 Å². The highest BCUT2D eigenvalue weighted by Gasteiger charge is 2.76. The average molecular weight is 497 g/mol. The molecule has 16 unspecified atom stereocenters. The van der Waals surface area contributed by atoms with Gasteiger partial charge in [0, 0.05) is 17.8 Å². The van der Waals surface area contributed by atoms with Crippen LogP contribution in [0.1, 0.15) is 66.2 Å². The van der Waals surface area contributed by atoms with Gasteiger partial charge in [-0.05, 0) is 67.1 Å². The van der Waals surface area contributed by atoms with E-state index in [0.717, 1.165) is 32.3 Å². The summed E-state index contributed by atoms with van der Waals surface area (Å²) in [6.45, 7) is 9.25. The second-order valence-corrected chi connectivity index (χ2v) is 13.6. The van der Waals surface area contributed by atoms with Crippen LogP contribution in [0.2, 0.25) is 0 Å². The van der Waals surface area contributed by atoms with Gasteiger partial charge in [-0.3, -0.25) is 0 Å². The molecule has 4 saturated carbocycles. The monoisotopic (exact) mass is 496 g/mol. The average Bonchev–Trinajstić information content (AvgIpc) is 3.27. The summed E-state index contributed by atoms with van der Waals surface area (Å²) < 4.78 is 13.1. The van der Waals surface area contributed by atoms with Crippen molar-refractivity contribution in [1.29, 1.82) is 0 Å². The van der Waals surface area contributed by atoms with Crippen LogP contribution in [0.3, 0.4) is 0 Å². The third kappa shape index (κ3) is 2.81. The fraction of sp³-hybridized carbons (Fsp3) is 1.00. The summed E-state index contributed by atoms with van der Waals surface area (Å²) in [5.74, 6) is 0.648. The van der Waals surface area contributed by atoms with Crippen LogP contribution >= 0.6 is 0 Å². The van der Waals surface area contributed by atoms with Gasteiger partial charge in [-0.25, -0.2) is 0 Å². The van der Waals surface area contributed by atoms with Gasteiger partial charge in [0.1, 0.15) is 23.9 Å². The fourth-order valence-electron chi connectivity index (χ4n) is 10.4. The zero-order valence-corrected chi connectivity index (χ0v) is 21.4. The first kappa shape index (κ1) is 25.0. The molecular formula is C27H44O8. The number of hydrogen-bond donors (Lipinski definition) is 6. The predicted molar refractivity (Wildman–Crippen MR) is 125 cm³/mol. The molecule has 8 nitrogen and oxygen atoms in total. The van der Waals surface area contributed by atoms with E-state index in [0.29, 0.717) is 18.3 Å². The molecule has 8 heteroatoms. The largest absolute Gasteiger partial charge is 0.390 e. The lowest BCUT2D eigenvalue weighted by Crippen LogP contribution is -2.81. The van der Waals surface area contributed by atoms with Crippen LogP contribution in [-0.4, -0.2) is 85.3 Å². The molecule has 0 bridgehead atoms. The molecule has 16 atom stereocenters. The highest BCUT2D eigenvalue weighted by Crippen LogP contribution is 2.71. The summed E-state index contributed by atoms with van der Waals surface area (Å²) in [5.41, 5.74) is -3.49. The molecule has 6 N–H and O–H groups in total. The Kier molecular flexibility index (Phi) is 5.44. The lowest BCUT2D eigenvalue weighted by Gasteiger charge is -2.68. The highest BCUT2D eigenvalue weighted by molar-refractivity contribution is 5.25. The van der Waals surface area contributed by atoms with Crippen LogP contribution in [-0.2, 0) is 9.47 Å². The van der Waals surface area contributed by atoms with Gasteiger partial charge in [0.25, 0.3) is 0 Å². The van der Waals surface area contributed by atoms with Gasteiger partial charge in [-0.2, -0.15) is 0 Å². The molecule has 6 aliphatic rings. The molecule has 0 aromatic carbocycles. The molecule has 6 fully saturated rings. The van der Waals surface area contributed by atoms with Gasteiger partial charge < -0.3 is 40.1 Å². The number of rotatable bonds is 0. The number of hydrogen-bond acceptors (Lipinski definition) is 8. The maximum absolute atomic E-state index is 11.7. The Hall–Kier alpha value is -0.320. The van der Waals surface area contributed by atoms with Crippen molar-refractivity contribution in [2.24, 2.45) is 46.3 Å². The molecular weight excluding hydrogens is 452 g/mol. The van der Waals surface area contributed by atoms with Crippen LogP contribution in [0.4, 0.5) is 0 Å². The predicted octanol–water partition coefficient (Wildman–Crippen LogP) is 0.792. The van der Waals surface area contributed by atoms with Crippen molar-refractivity contribution in [3.63, 3.8) is 0 Å². The highest BCUT2D eigenvalue weighted by atomic mass is 16.7. The molecule has 0 amide bonds. The molecule has 2 saturated heterocycles. The van der Waals surface area contributed by atoms with Gasteiger partial charge in [0.2, 0.25) is 0 Å². The maximum Gasteiger partial charge on any atom is 0.171 e. The minimum absolute atomic E-state index is 0.00274. The van der Waals surface area contributed by atoms with Crippen molar-refractivity contribution in [2.45, 2.75) is 114 Å². The van der Waals surface area contributed by atoms with Gasteiger partial charge in [0.05, 0.1) is 24.9 Å². The van der Waals surface area contributed by atoms with Crippen molar-refractivity contribution < 1.29 is 40.1 Å². The zero-order chi connectivity index (χ0) is 25.3. The van der Waals surface area contributed by atoms with Gasteiger partial charge in [-0.15, -0.1) is 0 Å². The summed E-state index contributed by atoms with van der Waals surface area (Å²) in [7, 11) is 0. The third-order valence-electron chi connectivity index (χ3n) is 12.4. The minimum Gasteiger partial charge on any atom is -0.390 e. The van der Waals surface area contributed by atoms with E-state index < -0.39 is 47.3 Å². The number of aliphatic hydroxyl groups excluding tert-OH is 5. The molecule has 1 spiro atoms. The lowest BCUT2D eigenvalue weighted by molar-refractivity contribution is -0.350. The number of aliphatic hydroxyl groups is 6. The second-order valence-electron chi connectivity index (χ2n) is 13.6. The van der Waals surface area contributed by atoms with Gasteiger partial charge in [-0.1, -0.05) is 27.7 Å². The first-order chi connectivity index (χ1) is 16.3. The smallest absolute Gasteiger partial charge is 0.171 e. The normalized spacial score (nSPS) is 66.0. The summed E-state index contributed by atoms with van der Waals surface area (Å²) in [5, 5.41) is 66.0. The minimum atomic E-state index is -2.10. The van der Waals surface area contributed by atoms with Crippen molar-refractivity contribution in [3.05, 3.63) is 0 Å². The van der Waals surface area contributed by atoms with E-state index >= 15 is 0 Å². The Labute approximate surface area is 207 Å². The summed E-state index contributed by atoms with van der Waals surface area (Å²) in [6.07, 6.45) is -3.03. The SMILES string of the molecule is CC1CCC2(OC1)OC1CC3C4CC(O)C5(O)C(O)C(O)C(O)C(O)C5(C)C4CCC3(C)C1C2C. The summed E-state index contributed by atoms with van der Waals surface area (Å²) >= 11 is 0. The molecule has 4 aliphatic carbocycles. The Bertz CT molecular complexity index is 860. The van der Waals surface area contributed by atoms with E-state index in [1.165, 1.54) is 0 Å².